The smallest absolute Gasteiger partial charge is 0.345 e. The number of aromatic nitrogens is 1. The first-order valence-corrected chi connectivity index (χ1v) is 11.5. The quantitative estimate of drug-likeness (QED) is 0.434. The molecule has 0 spiro atoms. The van der Waals surface area contributed by atoms with Crippen LogP contribution in [0.15, 0.2) is 78.8 Å². The Bertz CT molecular complexity index is 1190. The number of hydroxylamine groups is 2. The van der Waals surface area contributed by atoms with Gasteiger partial charge in [0.05, 0.1) is 5.56 Å². The van der Waals surface area contributed by atoms with Crippen LogP contribution in [0, 0.1) is 5.21 Å². The van der Waals surface area contributed by atoms with Crippen molar-refractivity contribution >= 4 is 36.0 Å². The summed E-state index contributed by atoms with van der Waals surface area (Å²) in [6.45, 7) is 2.62. The molecule has 1 amide bonds. The highest BCUT2D eigenvalue weighted by atomic mass is 35.5. The summed E-state index contributed by atoms with van der Waals surface area (Å²) in [6.07, 6.45) is 9.82. The average Bonchev–Trinajstić information content (AvgIpc) is 3.05. The van der Waals surface area contributed by atoms with Gasteiger partial charge in [0.15, 0.2) is 6.17 Å². The lowest BCUT2D eigenvalue weighted by Crippen LogP contribution is -3.15. The van der Waals surface area contributed by atoms with E-state index in [2.05, 4.69) is 70.6 Å². The molecule has 174 valence electrons. The monoisotopic (exact) mass is 473 g/mol. The third-order valence-electron chi connectivity index (χ3n) is 6.61. The number of likely N-dealkylation sites (tertiary alicyclic amines) is 1. The molecule has 5 nitrogen and oxygen atoms in total. The fourth-order valence-corrected chi connectivity index (χ4v) is 4.90. The molecule has 5 rings (SSSR count). The van der Waals surface area contributed by atoms with E-state index in [0.717, 1.165) is 42.6 Å². The van der Waals surface area contributed by atoms with Crippen molar-refractivity contribution in [3.63, 3.8) is 0 Å². The van der Waals surface area contributed by atoms with Crippen LogP contribution in [0.2, 0.25) is 0 Å². The predicted octanol–water partition coefficient (Wildman–Crippen LogP) is 4.80. The van der Waals surface area contributed by atoms with Gasteiger partial charge in [-0.25, -0.2) is 4.79 Å². The number of quaternary nitrogens is 1. The van der Waals surface area contributed by atoms with Crippen LogP contribution in [0.1, 0.15) is 58.8 Å². The number of amides is 1. The van der Waals surface area contributed by atoms with E-state index in [-0.39, 0.29) is 17.5 Å². The number of carbonyl (C=O) groups excluding carboxylic acids is 1. The summed E-state index contributed by atoms with van der Waals surface area (Å²) in [4.78, 5) is 19.1. The Morgan fingerprint density at radius 1 is 0.941 bits per heavy atom. The van der Waals surface area contributed by atoms with Crippen molar-refractivity contribution < 1.29 is 9.86 Å². The van der Waals surface area contributed by atoms with E-state index < -0.39 is 12.1 Å². The molecule has 2 unspecified atom stereocenters. The molecule has 3 aromatic rings. The lowest BCUT2D eigenvalue weighted by atomic mass is 9.88. The Morgan fingerprint density at radius 3 is 2.15 bits per heavy atom. The molecule has 2 aliphatic rings. The van der Waals surface area contributed by atoms with Gasteiger partial charge in [-0.1, -0.05) is 60.7 Å². The molecule has 0 radical (unpaired) electrons. The first-order chi connectivity index (χ1) is 16.1. The number of nitrogens with one attached hydrogen (secondary N) is 1. The van der Waals surface area contributed by atoms with E-state index in [0.29, 0.717) is 5.56 Å². The van der Waals surface area contributed by atoms with Crippen LogP contribution in [-0.2, 0) is 0 Å². The summed E-state index contributed by atoms with van der Waals surface area (Å²) in [5.74, 6) is -0.455. The van der Waals surface area contributed by atoms with E-state index in [1.165, 1.54) is 16.7 Å². The van der Waals surface area contributed by atoms with Crippen molar-refractivity contribution in [2.45, 2.75) is 32.4 Å². The van der Waals surface area contributed by atoms with Gasteiger partial charge in [-0.3, -0.25) is 10.0 Å². The van der Waals surface area contributed by atoms with Crippen LogP contribution in [0.3, 0.4) is 0 Å². The van der Waals surface area contributed by atoms with Gasteiger partial charge in [0.25, 0.3) is 0 Å². The van der Waals surface area contributed by atoms with E-state index >= 15 is 0 Å². The molecule has 1 aliphatic heterocycles. The van der Waals surface area contributed by atoms with Gasteiger partial charge in [-0.15, -0.1) is 12.4 Å². The zero-order valence-corrected chi connectivity index (χ0v) is 19.9. The summed E-state index contributed by atoms with van der Waals surface area (Å²) in [7, 11) is 0. The SMILES string of the molecule is CC(N1CCCCC1=C1c2ccccc2C=Cc2ccccc21)[NH+]([O-])C(=O)c1ccncc1.Cl. The normalized spacial score (nSPS) is 16.6. The molecular weight excluding hydrogens is 446 g/mol. The van der Waals surface area contributed by atoms with Crippen molar-refractivity contribution in [3.05, 3.63) is 112 Å². The van der Waals surface area contributed by atoms with Crippen LogP contribution in [0.4, 0.5) is 0 Å². The highest BCUT2D eigenvalue weighted by molar-refractivity contribution is 5.94. The average molecular weight is 474 g/mol. The standard InChI is InChI=1S/C28H27N3O2.ClH/c1-20(31(33)28(32)23-15-17-29-18-16-23)30-19-7-6-12-26(30)27-24-10-4-2-8-21(24)13-14-22-9-3-5-11-25(22)27;/h2-5,8-11,13-18,20,31H,6-7,12,19H2,1H3;1H. The summed E-state index contributed by atoms with van der Waals surface area (Å²) in [6, 6.07) is 20.0. The zero-order chi connectivity index (χ0) is 22.8. The van der Waals surface area contributed by atoms with Gasteiger partial charge in [-0.2, -0.15) is 0 Å². The maximum absolute atomic E-state index is 13.3. The number of fused-ring (bicyclic) bond motifs is 2. The van der Waals surface area contributed by atoms with E-state index in [1.54, 1.807) is 24.5 Å². The number of piperidine rings is 1. The number of pyridine rings is 1. The maximum atomic E-state index is 13.3. The second-order valence-corrected chi connectivity index (χ2v) is 8.59. The second-order valence-electron chi connectivity index (χ2n) is 8.59. The number of hydrogen-bond donors (Lipinski definition) is 1. The highest BCUT2D eigenvalue weighted by Gasteiger charge is 2.32. The minimum absolute atomic E-state index is 0. The number of allylic oxidation sites excluding steroid dienone is 1. The van der Waals surface area contributed by atoms with Crippen LogP contribution >= 0.6 is 12.4 Å². The Hall–Kier alpha value is -3.25. The zero-order valence-electron chi connectivity index (χ0n) is 19.1. The number of carbonyl (C=O) groups is 1. The number of hydrogen-bond acceptors (Lipinski definition) is 4. The van der Waals surface area contributed by atoms with E-state index in [1.807, 2.05) is 6.92 Å². The Balaban J connectivity index is 0.00000274. The number of benzene rings is 2. The van der Waals surface area contributed by atoms with Crippen molar-refractivity contribution in [3.8, 4) is 0 Å². The molecule has 1 aromatic heterocycles. The van der Waals surface area contributed by atoms with Crippen LogP contribution in [0.5, 0.6) is 0 Å². The molecule has 1 aliphatic carbocycles. The first kappa shape index (κ1) is 23.9. The molecule has 34 heavy (non-hydrogen) atoms. The number of nitrogens with zero attached hydrogens (tertiary/aromatic N) is 2. The summed E-state index contributed by atoms with van der Waals surface area (Å²) >= 11 is 0. The second kappa shape index (κ2) is 10.3. The Labute approximate surface area is 206 Å². The highest BCUT2D eigenvalue weighted by Crippen LogP contribution is 2.39. The van der Waals surface area contributed by atoms with Crippen LogP contribution < -0.4 is 5.06 Å². The van der Waals surface area contributed by atoms with Gasteiger partial charge in [-0.05, 0) is 53.6 Å². The lowest BCUT2D eigenvalue weighted by molar-refractivity contribution is -0.801. The van der Waals surface area contributed by atoms with E-state index in [9.17, 15) is 10.0 Å². The summed E-state index contributed by atoms with van der Waals surface area (Å²) < 4.78 is 0. The maximum Gasteiger partial charge on any atom is 0.345 e. The molecule has 0 bridgehead atoms. The van der Waals surface area contributed by atoms with Crippen molar-refractivity contribution in [2.75, 3.05) is 6.54 Å². The van der Waals surface area contributed by atoms with Gasteiger partial charge in [0.2, 0.25) is 0 Å². The molecule has 1 saturated heterocycles. The molecular formula is C28H28ClN3O2. The third-order valence-corrected chi connectivity index (χ3v) is 6.61. The third kappa shape index (κ3) is 4.42. The van der Waals surface area contributed by atoms with Crippen molar-refractivity contribution in [1.29, 1.82) is 0 Å². The van der Waals surface area contributed by atoms with Crippen molar-refractivity contribution in [2.24, 2.45) is 0 Å². The largest absolute Gasteiger partial charge is 0.625 e. The molecule has 1 N–H and O–H groups in total. The minimum atomic E-state index is -0.538. The predicted molar refractivity (Wildman–Crippen MR) is 138 cm³/mol. The Kier molecular flexibility index (Phi) is 7.27. The molecule has 0 saturated carbocycles. The lowest BCUT2D eigenvalue weighted by Gasteiger charge is -2.41. The van der Waals surface area contributed by atoms with Gasteiger partial charge < -0.3 is 10.1 Å². The molecule has 6 heteroatoms. The molecule has 2 atom stereocenters. The van der Waals surface area contributed by atoms with E-state index in [4.69, 9.17) is 0 Å². The summed E-state index contributed by atoms with van der Waals surface area (Å²) in [5, 5.41) is 12.9. The van der Waals surface area contributed by atoms with Gasteiger partial charge in [0, 0.05) is 37.1 Å². The fourth-order valence-electron chi connectivity index (χ4n) is 4.90. The topological polar surface area (TPSA) is 60.7 Å². The van der Waals surface area contributed by atoms with Gasteiger partial charge >= 0.3 is 5.91 Å². The Morgan fingerprint density at radius 2 is 1.53 bits per heavy atom. The number of rotatable bonds is 3. The molecule has 2 heterocycles. The molecule has 1 fully saturated rings. The minimum Gasteiger partial charge on any atom is -0.625 e. The fraction of sp³-hybridized carbons (Fsp3) is 0.214. The van der Waals surface area contributed by atoms with Crippen LogP contribution in [0.25, 0.3) is 17.7 Å². The van der Waals surface area contributed by atoms with Crippen molar-refractivity contribution in [1.82, 2.24) is 9.88 Å². The summed E-state index contributed by atoms with van der Waals surface area (Å²) in [5.41, 5.74) is 7.36. The van der Waals surface area contributed by atoms with Crippen LogP contribution in [-0.4, -0.2) is 28.5 Å². The first-order valence-electron chi connectivity index (χ1n) is 11.5. The molecule has 2 aromatic carbocycles. The van der Waals surface area contributed by atoms with Gasteiger partial charge in [0.1, 0.15) is 0 Å². The number of halogens is 1.